The Morgan fingerprint density at radius 2 is 2.14 bits per heavy atom. The van der Waals surface area contributed by atoms with Gasteiger partial charge in [0.15, 0.2) is 5.82 Å². The van der Waals surface area contributed by atoms with Crippen molar-refractivity contribution < 1.29 is 4.39 Å². The largest absolute Gasteiger partial charge is 0.207 e. The maximum atomic E-state index is 13.0. The van der Waals surface area contributed by atoms with Gasteiger partial charge in [0.1, 0.15) is 5.82 Å². The van der Waals surface area contributed by atoms with E-state index >= 15 is 0 Å². The third-order valence-corrected chi connectivity index (χ3v) is 2.50. The quantitative estimate of drug-likeness (QED) is 0.749. The van der Waals surface area contributed by atoms with Crippen molar-refractivity contribution >= 4 is 23.1 Å². The standard InChI is InChI=1S/C9H6ClFN2S/c1-5-2-6(4-7(11)3-5)8-12-9(10)14-13-8/h2-4H,1H3. The summed E-state index contributed by atoms with van der Waals surface area (Å²) in [4.78, 5) is 3.97. The predicted molar refractivity (Wildman–Crippen MR) is 55.1 cm³/mol. The van der Waals surface area contributed by atoms with E-state index in [4.69, 9.17) is 11.6 Å². The first-order valence-electron chi connectivity index (χ1n) is 3.92. The number of aromatic nitrogens is 2. The lowest BCUT2D eigenvalue weighted by Gasteiger charge is -1.97. The lowest BCUT2D eigenvalue weighted by molar-refractivity contribution is 0.627. The van der Waals surface area contributed by atoms with Gasteiger partial charge in [0.2, 0.25) is 4.47 Å². The van der Waals surface area contributed by atoms with E-state index in [1.165, 1.54) is 12.1 Å². The van der Waals surface area contributed by atoms with Crippen LogP contribution in [0.1, 0.15) is 5.56 Å². The molecule has 2 nitrogen and oxygen atoms in total. The Kier molecular flexibility index (Phi) is 2.48. The van der Waals surface area contributed by atoms with Crippen LogP contribution in [0.4, 0.5) is 4.39 Å². The van der Waals surface area contributed by atoms with Crippen LogP contribution < -0.4 is 0 Å². The fraction of sp³-hybridized carbons (Fsp3) is 0.111. The Labute approximate surface area is 89.5 Å². The van der Waals surface area contributed by atoms with E-state index in [-0.39, 0.29) is 5.82 Å². The van der Waals surface area contributed by atoms with Crippen molar-refractivity contribution in [2.45, 2.75) is 6.92 Å². The van der Waals surface area contributed by atoms with Gasteiger partial charge in [-0.05, 0) is 53.8 Å². The molecule has 1 aromatic carbocycles. The summed E-state index contributed by atoms with van der Waals surface area (Å²) in [6.07, 6.45) is 0. The Morgan fingerprint density at radius 3 is 2.71 bits per heavy atom. The molecule has 0 atom stereocenters. The number of halogens is 2. The van der Waals surface area contributed by atoms with Crippen LogP contribution in [0.5, 0.6) is 0 Å². The average Bonchev–Trinajstić information content (AvgIpc) is 2.50. The third kappa shape index (κ3) is 1.91. The van der Waals surface area contributed by atoms with Crippen LogP contribution in [0.15, 0.2) is 18.2 Å². The Morgan fingerprint density at radius 1 is 1.36 bits per heavy atom. The van der Waals surface area contributed by atoms with Crippen molar-refractivity contribution in [3.8, 4) is 11.4 Å². The van der Waals surface area contributed by atoms with Gasteiger partial charge in [-0.15, -0.1) is 0 Å². The molecule has 0 bridgehead atoms. The van der Waals surface area contributed by atoms with E-state index in [1.54, 1.807) is 0 Å². The Bertz CT molecular complexity index is 449. The van der Waals surface area contributed by atoms with Crippen molar-refractivity contribution in [3.05, 3.63) is 34.0 Å². The van der Waals surface area contributed by atoms with E-state index in [2.05, 4.69) is 9.36 Å². The summed E-state index contributed by atoms with van der Waals surface area (Å²) in [5.41, 5.74) is 1.50. The van der Waals surface area contributed by atoms with Crippen molar-refractivity contribution in [2.24, 2.45) is 0 Å². The molecule has 0 fully saturated rings. The van der Waals surface area contributed by atoms with Crippen LogP contribution >= 0.6 is 23.1 Å². The zero-order valence-electron chi connectivity index (χ0n) is 7.29. The molecule has 0 saturated carbocycles. The molecule has 0 amide bonds. The van der Waals surface area contributed by atoms with Crippen molar-refractivity contribution in [2.75, 3.05) is 0 Å². The van der Waals surface area contributed by atoms with Crippen LogP contribution in [-0.2, 0) is 0 Å². The van der Waals surface area contributed by atoms with Gasteiger partial charge in [-0.2, -0.15) is 4.37 Å². The minimum absolute atomic E-state index is 0.286. The van der Waals surface area contributed by atoms with Gasteiger partial charge in [0, 0.05) is 5.56 Å². The molecule has 0 aliphatic rings. The molecule has 0 unspecified atom stereocenters. The Hall–Kier alpha value is -1.00. The van der Waals surface area contributed by atoms with Gasteiger partial charge in [-0.25, -0.2) is 9.37 Å². The van der Waals surface area contributed by atoms with Crippen molar-refractivity contribution in [1.29, 1.82) is 0 Å². The highest BCUT2D eigenvalue weighted by molar-refractivity contribution is 7.10. The van der Waals surface area contributed by atoms with Gasteiger partial charge >= 0.3 is 0 Å². The molecule has 0 radical (unpaired) electrons. The first-order chi connectivity index (χ1) is 6.65. The molecule has 2 aromatic rings. The lowest BCUT2D eigenvalue weighted by atomic mass is 10.1. The van der Waals surface area contributed by atoms with Gasteiger partial charge in [-0.3, -0.25) is 0 Å². The summed E-state index contributed by atoms with van der Waals surface area (Å²) in [6, 6.07) is 4.67. The first kappa shape index (κ1) is 9.55. The maximum Gasteiger partial charge on any atom is 0.203 e. The Balaban J connectivity index is 2.51. The number of hydrogen-bond donors (Lipinski definition) is 0. The SMILES string of the molecule is Cc1cc(F)cc(-c2nsc(Cl)n2)c1. The molecule has 1 heterocycles. The molecule has 0 saturated heterocycles. The number of hydrogen-bond acceptors (Lipinski definition) is 3. The molecule has 72 valence electrons. The van der Waals surface area contributed by atoms with Gasteiger partial charge in [0.05, 0.1) is 0 Å². The number of rotatable bonds is 1. The molecule has 14 heavy (non-hydrogen) atoms. The molecular weight excluding hydrogens is 223 g/mol. The molecule has 1 aromatic heterocycles. The molecule has 0 spiro atoms. The van der Waals surface area contributed by atoms with E-state index in [0.29, 0.717) is 15.9 Å². The fourth-order valence-electron chi connectivity index (χ4n) is 1.19. The van der Waals surface area contributed by atoms with E-state index in [0.717, 1.165) is 17.1 Å². The van der Waals surface area contributed by atoms with E-state index < -0.39 is 0 Å². The van der Waals surface area contributed by atoms with Crippen LogP contribution in [0.2, 0.25) is 4.47 Å². The minimum atomic E-state index is -0.286. The normalized spacial score (nSPS) is 10.5. The molecule has 0 aliphatic heterocycles. The molecular formula is C9H6ClFN2S. The summed E-state index contributed by atoms with van der Waals surface area (Å²) >= 11 is 6.73. The monoisotopic (exact) mass is 228 g/mol. The highest BCUT2D eigenvalue weighted by atomic mass is 35.5. The number of benzene rings is 1. The van der Waals surface area contributed by atoms with Gasteiger partial charge in [-0.1, -0.05) is 0 Å². The fourth-order valence-corrected chi connectivity index (χ4v) is 1.81. The summed E-state index contributed by atoms with van der Waals surface area (Å²) in [5, 5.41) is 0. The first-order valence-corrected chi connectivity index (χ1v) is 5.07. The predicted octanol–water partition coefficient (Wildman–Crippen LogP) is 3.31. The highest BCUT2D eigenvalue weighted by Crippen LogP contribution is 2.22. The van der Waals surface area contributed by atoms with Crippen LogP contribution in [0.3, 0.4) is 0 Å². The zero-order valence-corrected chi connectivity index (χ0v) is 8.86. The van der Waals surface area contributed by atoms with Crippen LogP contribution in [-0.4, -0.2) is 9.36 Å². The number of nitrogens with zero attached hydrogens (tertiary/aromatic N) is 2. The highest BCUT2D eigenvalue weighted by Gasteiger charge is 2.06. The van der Waals surface area contributed by atoms with Crippen LogP contribution in [0, 0.1) is 12.7 Å². The third-order valence-electron chi connectivity index (χ3n) is 1.70. The average molecular weight is 229 g/mol. The van der Waals surface area contributed by atoms with Gasteiger partial charge in [0.25, 0.3) is 0 Å². The van der Waals surface area contributed by atoms with Crippen molar-refractivity contribution in [1.82, 2.24) is 9.36 Å². The number of aryl methyl sites for hydroxylation is 1. The summed E-state index contributed by atoms with van der Waals surface area (Å²) in [5.74, 6) is 0.188. The smallest absolute Gasteiger partial charge is 0.203 e. The van der Waals surface area contributed by atoms with Gasteiger partial charge < -0.3 is 0 Å². The van der Waals surface area contributed by atoms with E-state index in [9.17, 15) is 4.39 Å². The zero-order chi connectivity index (χ0) is 10.1. The second kappa shape index (κ2) is 3.63. The summed E-state index contributed by atoms with van der Waals surface area (Å²) < 4.78 is 17.4. The molecule has 5 heteroatoms. The maximum absolute atomic E-state index is 13.0. The summed E-state index contributed by atoms with van der Waals surface area (Å²) in [7, 11) is 0. The second-order valence-electron chi connectivity index (χ2n) is 2.89. The second-order valence-corrected chi connectivity index (χ2v) is 4.22. The molecule has 2 rings (SSSR count). The van der Waals surface area contributed by atoms with Crippen LogP contribution in [0.25, 0.3) is 11.4 Å². The van der Waals surface area contributed by atoms with E-state index in [1.807, 2.05) is 13.0 Å². The molecule has 0 N–H and O–H groups in total. The summed E-state index contributed by atoms with van der Waals surface area (Å²) in [6.45, 7) is 1.82. The van der Waals surface area contributed by atoms with Crippen molar-refractivity contribution in [3.63, 3.8) is 0 Å². The lowest BCUT2D eigenvalue weighted by Crippen LogP contribution is -1.84. The molecule has 0 aliphatic carbocycles. The topological polar surface area (TPSA) is 25.8 Å². The minimum Gasteiger partial charge on any atom is -0.207 e.